The molecule has 6 nitrogen and oxygen atoms in total. The standard InChI is InChI=1S/C22H25N3O3/c1-3-5-10-20-23-22(28-4-2)24-25(20)15-16-11-13-17(14-12-16)18-8-6-7-9-19(18)21(26)27/h6-9,11-14H,3-5,10,15H2,1-2H3,(H,26,27). The van der Waals surface area contributed by atoms with Crippen LogP contribution in [0.4, 0.5) is 0 Å². The Bertz CT molecular complexity index is 932. The number of carboxylic acid groups (broad SMARTS) is 1. The Hall–Kier alpha value is -3.15. The second kappa shape index (κ2) is 9.17. The lowest BCUT2D eigenvalue weighted by atomic mass is 9.99. The first-order valence-electron chi connectivity index (χ1n) is 9.60. The third-order valence-corrected chi connectivity index (χ3v) is 4.51. The van der Waals surface area contributed by atoms with E-state index in [1.54, 1.807) is 12.1 Å². The van der Waals surface area contributed by atoms with Crippen LogP contribution in [0.1, 0.15) is 48.4 Å². The maximum absolute atomic E-state index is 11.5. The van der Waals surface area contributed by atoms with Crippen LogP contribution in [-0.4, -0.2) is 32.4 Å². The smallest absolute Gasteiger partial charge is 0.336 e. The highest BCUT2D eigenvalue weighted by atomic mass is 16.5. The van der Waals surface area contributed by atoms with Crippen LogP contribution in [0.5, 0.6) is 6.01 Å². The van der Waals surface area contributed by atoms with Gasteiger partial charge in [0.15, 0.2) is 0 Å². The first kappa shape index (κ1) is 19.6. The molecule has 0 aliphatic carbocycles. The number of hydrogen-bond donors (Lipinski definition) is 1. The molecule has 0 amide bonds. The molecule has 0 saturated heterocycles. The number of aromatic carboxylic acids is 1. The Kier molecular flexibility index (Phi) is 6.42. The van der Waals surface area contributed by atoms with Crippen molar-refractivity contribution in [2.24, 2.45) is 0 Å². The van der Waals surface area contributed by atoms with E-state index in [1.165, 1.54) is 0 Å². The van der Waals surface area contributed by atoms with Crippen molar-refractivity contribution >= 4 is 5.97 Å². The van der Waals surface area contributed by atoms with Gasteiger partial charge < -0.3 is 9.84 Å². The van der Waals surface area contributed by atoms with Crippen molar-refractivity contribution in [3.63, 3.8) is 0 Å². The van der Waals surface area contributed by atoms with Gasteiger partial charge in [0.2, 0.25) is 0 Å². The van der Waals surface area contributed by atoms with Crippen LogP contribution in [0, 0.1) is 0 Å². The molecule has 28 heavy (non-hydrogen) atoms. The number of nitrogens with zero attached hydrogens (tertiary/aromatic N) is 3. The Labute approximate surface area is 164 Å². The molecule has 1 heterocycles. The fourth-order valence-electron chi connectivity index (χ4n) is 3.07. The van der Waals surface area contributed by atoms with Gasteiger partial charge in [-0.25, -0.2) is 9.48 Å². The van der Waals surface area contributed by atoms with Crippen molar-refractivity contribution in [2.75, 3.05) is 6.61 Å². The molecule has 3 aromatic rings. The first-order valence-corrected chi connectivity index (χ1v) is 9.60. The summed E-state index contributed by atoms with van der Waals surface area (Å²) in [4.78, 5) is 15.9. The van der Waals surface area contributed by atoms with Crippen molar-refractivity contribution in [1.29, 1.82) is 0 Å². The normalized spacial score (nSPS) is 10.8. The van der Waals surface area contributed by atoms with Gasteiger partial charge >= 0.3 is 12.0 Å². The van der Waals surface area contributed by atoms with Crippen LogP contribution in [0.3, 0.4) is 0 Å². The third-order valence-electron chi connectivity index (χ3n) is 4.51. The van der Waals surface area contributed by atoms with Gasteiger partial charge in [0.05, 0.1) is 18.7 Å². The summed E-state index contributed by atoms with van der Waals surface area (Å²) in [5, 5.41) is 13.9. The predicted molar refractivity (Wildman–Crippen MR) is 108 cm³/mol. The van der Waals surface area contributed by atoms with E-state index in [0.717, 1.165) is 36.2 Å². The molecule has 0 radical (unpaired) electrons. The van der Waals surface area contributed by atoms with E-state index < -0.39 is 5.97 Å². The number of unbranched alkanes of at least 4 members (excludes halogenated alkanes) is 1. The molecule has 6 heteroatoms. The third kappa shape index (κ3) is 4.57. The van der Waals surface area contributed by atoms with Gasteiger partial charge in [0.25, 0.3) is 0 Å². The lowest BCUT2D eigenvalue weighted by Gasteiger charge is -2.09. The highest BCUT2D eigenvalue weighted by Gasteiger charge is 2.13. The lowest BCUT2D eigenvalue weighted by molar-refractivity contribution is 0.0697. The second-order valence-corrected chi connectivity index (χ2v) is 6.55. The fourth-order valence-corrected chi connectivity index (χ4v) is 3.07. The van der Waals surface area contributed by atoms with Gasteiger partial charge in [-0.1, -0.05) is 55.8 Å². The fraction of sp³-hybridized carbons (Fsp3) is 0.318. The minimum Gasteiger partial charge on any atom is -0.478 e. The van der Waals surface area contributed by atoms with Gasteiger partial charge in [-0.3, -0.25) is 0 Å². The van der Waals surface area contributed by atoms with Crippen LogP contribution in [0.25, 0.3) is 11.1 Å². The van der Waals surface area contributed by atoms with E-state index in [4.69, 9.17) is 4.74 Å². The van der Waals surface area contributed by atoms with E-state index in [2.05, 4.69) is 17.0 Å². The van der Waals surface area contributed by atoms with Crippen molar-refractivity contribution in [3.8, 4) is 17.1 Å². The molecule has 0 spiro atoms. The molecule has 1 N–H and O–H groups in total. The highest BCUT2D eigenvalue weighted by molar-refractivity contribution is 5.95. The monoisotopic (exact) mass is 379 g/mol. The molecular formula is C22H25N3O3. The lowest BCUT2D eigenvalue weighted by Crippen LogP contribution is -2.07. The maximum Gasteiger partial charge on any atom is 0.336 e. The first-order chi connectivity index (χ1) is 13.6. The molecule has 2 aromatic carbocycles. The van der Waals surface area contributed by atoms with E-state index in [0.29, 0.717) is 30.3 Å². The summed E-state index contributed by atoms with van der Waals surface area (Å²) in [5.74, 6) is -0.00286. The molecule has 0 saturated carbocycles. The summed E-state index contributed by atoms with van der Waals surface area (Å²) in [6.45, 7) is 5.20. The summed E-state index contributed by atoms with van der Waals surface area (Å²) in [7, 11) is 0. The highest BCUT2D eigenvalue weighted by Crippen LogP contribution is 2.24. The van der Waals surface area contributed by atoms with Gasteiger partial charge in [0, 0.05) is 6.42 Å². The van der Waals surface area contributed by atoms with Gasteiger partial charge in [-0.15, -0.1) is 5.10 Å². The topological polar surface area (TPSA) is 77.2 Å². The Morgan fingerprint density at radius 3 is 2.54 bits per heavy atom. The van der Waals surface area contributed by atoms with Crippen molar-refractivity contribution in [3.05, 3.63) is 65.5 Å². The minimum atomic E-state index is -0.925. The van der Waals surface area contributed by atoms with E-state index in [-0.39, 0.29) is 0 Å². The molecule has 1 aromatic heterocycles. The zero-order chi connectivity index (χ0) is 19.9. The number of benzene rings is 2. The summed E-state index contributed by atoms with van der Waals surface area (Å²) < 4.78 is 7.35. The molecule has 0 atom stereocenters. The quantitative estimate of drug-likeness (QED) is 0.595. The van der Waals surface area contributed by atoms with E-state index in [9.17, 15) is 9.90 Å². The van der Waals surface area contributed by atoms with Crippen molar-refractivity contribution in [2.45, 2.75) is 39.7 Å². The van der Waals surface area contributed by atoms with Crippen LogP contribution < -0.4 is 4.74 Å². The Morgan fingerprint density at radius 2 is 1.86 bits per heavy atom. The van der Waals surface area contributed by atoms with Crippen LogP contribution >= 0.6 is 0 Å². The molecule has 0 unspecified atom stereocenters. The van der Waals surface area contributed by atoms with Gasteiger partial charge in [-0.05, 0) is 36.1 Å². The Balaban J connectivity index is 1.82. The summed E-state index contributed by atoms with van der Waals surface area (Å²) in [6.07, 6.45) is 3.00. The minimum absolute atomic E-state index is 0.301. The summed E-state index contributed by atoms with van der Waals surface area (Å²) in [5.41, 5.74) is 2.96. The molecule has 0 aliphatic heterocycles. The van der Waals surface area contributed by atoms with Crippen molar-refractivity contribution < 1.29 is 14.6 Å². The molecule has 146 valence electrons. The summed E-state index contributed by atoms with van der Waals surface area (Å²) in [6, 6.07) is 15.3. The number of aromatic nitrogens is 3. The van der Waals surface area contributed by atoms with Crippen LogP contribution in [0.2, 0.25) is 0 Å². The average Bonchev–Trinajstić information content (AvgIpc) is 3.08. The zero-order valence-electron chi connectivity index (χ0n) is 16.3. The van der Waals surface area contributed by atoms with Gasteiger partial charge in [0.1, 0.15) is 5.82 Å². The van der Waals surface area contributed by atoms with Crippen LogP contribution in [0.15, 0.2) is 48.5 Å². The zero-order valence-corrected chi connectivity index (χ0v) is 16.3. The van der Waals surface area contributed by atoms with E-state index >= 15 is 0 Å². The SMILES string of the molecule is CCCCc1nc(OCC)nn1Cc1ccc(-c2ccccc2C(=O)O)cc1. The Morgan fingerprint density at radius 1 is 1.11 bits per heavy atom. The number of carboxylic acids is 1. The van der Waals surface area contributed by atoms with Crippen molar-refractivity contribution in [1.82, 2.24) is 14.8 Å². The number of ether oxygens (including phenoxy) is 1. The molecule has 0 aliphatic rings. The maximum atomic E-state index is 11.5. The van der Waals surface area contributed by atoms with Gasteiger partial charge in [-0.2, -0.15) is 4.98 Å². The predicted octanol–water partition coefficient (Wildman–Crippen LogP) is 4.43. The largest absolute Gasteiger partial charge is 0.478 e. The summed E-state index contributed by atoms with van der Waals surface area (Å²) >= 11 is 0. The molecular weight excluding hydrogens is 354 g/mol. The number of aryl methyl sites for hydroxylation is 1. The average molecular weight is 379 g/mol. The second-order valence-electron chi connectivity index (χ2n) is 6.55. The van der Waals surface area contributed by atoms with Crippen LogP contribution in [-0.2, 0) is 13.0 Å². The number of rotatable bonds is 9. The molecule has 0 fully saturated rings. The van der Waals surface area contributed by atoms with E-state index in [1.807, 2.05) is 48.0 Å². The number of carbonyl (C=O) groups is 1. The number of hydrogen-bond acceptors (Lipinski definition) is 4. The molecule has 0 bridgehead atoms. The molecule has 3 rings (SSSR count).